The summed E-state index contributed by atoms with van der Waals surface area (Å²) in [7, 11) is 1.89. The summed E-state index contributed by atoms with van der Waals surface area (Å²) in [4.78, 5) is 13.6. The van der Waals surface area contributed by atoms with Crippen LogP contribution in [0.2, 0.25) is 0 Å². The molecule has 3 aromatic rings. The summed E-state index contributed by atoms with van der Waals surface area (Å²) in [5.41, 5.74) is 1.61. The zero-order valence-corrected chi connectivity index (χ0v) is 14.3. The third kappa shape index (κ3) is 3.19. The number of aliphatic hydroxyl groups excluding tert-OH is 1. The summed E-state index contributed by atoms with van der Waals surface area (Å²) in [5.74, 6) is 2.04. The van der Waals surface area contributed by atoms with Gasteiger partial charge in [0.2, 0.25) is 0 Å². The average molecular weight is 338 g/mol. The maximum absolute atomic E-state index is 10.4. The Morgan fingerprint density at radius 2 is 2.12 bits per heavy atom. The Morgan fingerprint density at radius 3 is 2.88 bits per heavy atom. The van der Waals surface area contributed by atoms with Gasteiger partial charge < -0.3 is 10.4 Å². The van der Waals surface area contributed by atoms with Crippen molar-refractivity contribution in [3.05, 3.63) is 42.1 Å². The van der Waals surface area contributed by atoms with Gasteiger partial charge in [-0.05, 0) is 18.9 Å². The van der Waals surface area contributed by atoms with Gasteiger partial charge in [-0.3, -0.25) is 9.67 Å². The fourth-order valence-electron chi connectivity index (χ4n) is 3.42. The zero-order valence-electron chi connectivity index (χ0n) is 14.3. The minimum atomic E-state index is -0.648. The third-order valence-electron chi connectivity index (χ3n) is 4.86. The predicted octanol–water partition coefficient (Wildman–Crippen LogP) is 2.56. The van der Waals surface area contributed by atoms with Gasteiger partial charge in [0.15, 0.2) is 5.65 Å². The molecule has 0 radical (unpaired) electrons. The Morgan fingerprint density at radius 1 is 1.28 bits per heavy atom. The van der Waals surface area contributed by atoms with Crippen LogP contribution in [0.1, 0.15) is 49.1 Å². The van der Waals surface area contributed by atoms with Crippen LogP contribution in [0.5, 0.6) is 0 Å². The summed E-state index contributed by atoms with van der Waals surface area (Å²) in [5, 5.41) is 18.8. The molecule has 3 heterocycles. The lowest BCUT2D eigenvalue weighted by molar-refractivity contribution is 0.191. The fourth-order valence-corrected chi connectivity index (χ4v) is 3.42. The van der Waals surface area contributed by atoms with E-state index < -0.39 is 6.10 Å². The molecule has 1 aliphatic carbocycles. The number of fused-ring (bicyclic) bond motifs is 1. The van der Waals surface area contributed by atoms with E-state index in [4.69, 9.17) is 9.97 Å². The molecule has 1 atom stereocenters. The van der Waals surface area contributed by atoms with Crippen LogP contribution in [0, 0.1) is 0 Å². The maximum atomic E-state index is 10.4. The number of nitrogens with zero attached hydrogens (tertiary/aromatic N) is 5. The molecule has 0 saturated heterocycles. The Hall–Kier alpha value is -2.54. The molecule has 0 spiro atoms. The van der Waals surface area contributed by atoms with E-state index >= 15 is 0 Å². The van der Waals surface area contributed by atoms with Crippen molar-refractivity contribution in [3.63, 3.8) is 0 Å². The van der Waals surface area contributed by atoms with Crippen molar-refractivity contribution >= 4 is 16.9 Å². The van der Waals surface area contributed by atoms with E-state index in [0.717, 1.165) is 41.1 Å². The largest absolute Gasteiger partial charge is 0.387 e. The number of hydrogen-bond acceptors (Lipinski definition) is 6. The minimum absolute atomic E-state index is 0.358. The molecule has 7 nitrogen and oxygen atoms in total. The van der Waals surface area contributed by atoms with E-state index in [2.05, 4.69) is 15.4 Å². The maximum Gasteiger partial charge on any atom is 0.163 e. The number of aromatic nitrogens is 5. The van der Waals surface area contributed by atoms with Crippen LogP contribution in [0.25, 0.3) is 11.0 Å². The molecular formula is C18H22N6O. The molecule has 1 unspecified atom stereocenters. The highest BCUT2D eigenvalue weighted by Gasteiger charge is 2.22. The average Bonchev–Trinajstić information content (AvgIpc) is 3.31. The number of anilines is 1. The fraction of sp³-hybridized carbons (Fsp3) is 0.444. The van der Waals surface area contributed by atoms with Gasteiger partial charge in [-0.2, -0.15) is 5.10 Å². The molecule has 3 aromatic heterocycles. The summed E-state index contributed by atoms with van der Waals surface area (Å²) >= 11 is 0. The van der Waals surface area contributed by atoms with Gasteiger partial charge in [0.1, 0.15) is 11.6 Å². The van der Waals surface area contributed by atoms with E-state index in [-0.39, 0.29) is 0 Å². The molecule has 1 aliphatic rings. The lowest BCUT2D eigenvalue weighted by Gasteiger charge is -2.15. The van der Waals surface area contributed by atoms with Crippen LogP contribution in [0.3, 0.4) is 0 Å². The molecule has 0 aliphatic heterocycles. The van der Waals surface area contributed by atoms with Crippen LogP contribution in [0.4, 0.5) is 5.82 Å². The van der Waals surface area contributed by atoms with Crippen molar-refractivity contribution in [2.45, 2.75) is 37.7 Å². The van der Waals surface area contributed by atoms with Crippen molar-refractivity contribution in [3.8, 4) is 0 Å². The lowest BCUT2D eigenvalue weighted by Crippen LogP contribution is -2.15. The number of hydrogen-bond donors (Lipinski definition) is 2. The smallest absolute Gasteiger partial charge is 0.163 e. The standard InChI is InChI=1S/C18H22N6O/c1-24-18-14(10-21-24)17(22-16(23-18)12-5-2-3-6-12)20-11-15(25)13-7-4-8-19-9-13/h4,7-10,12,15,25H,2-3,5-6,11H2,1H3,(H,20,22,23). The number of pyridine rings is 1. The molecular weight excluding hydrogens is 316 g/mol. The van der Waals surface area contributed by atoms with Crippen molar-refractivity contribution in [2.75, 3.05) is 11.9 Å². The van der Waals surface area contributed by atoms with E-state index in [0.29, 0.717) is 12.5 Å². The van der Waals surface area contributed by atoms with Crippen molar-refractivity contribution in [1.82, 2.24) is 24.7 Å². The quantitative estimate of drug-likeness (QED) is 0.743. The molecule has 2 N–H and O–H groups in total. The second-order valence-electron chi connectivity index (χ2n) is 6.60. The molecule has 0 aromatic carbocycles. The highest BCUT2D eigenvalue weighted by atomic mass is 16.3. The monoisotopic (exact) mass is 338 g/mol. The highest BCUT2D eigenvalue weighted by molar-refractivity contribution is 5.86. The molecule has 130 valence electrons. The van der Waals surface area contributed by atoms with Gasteiger partial charge in [-0.25, -0.2) is 9.97 Å². The predicted molar refractivity (Wildman–Crippen MR) is 95.2 cm³/mol. The van der Waals surface area contributed by atoms with E-state index in [1.54, 1.807) is 23.3 Å². The van der Waals surface area contributed by atoms with E-state index in [1.807, 2.05) is 19.2 Å². The van der Waals surface area contributed by atoms with Crippen molar-refractivity contribution in [1.29, 1.82) is 0 Å². The second kappa shape index (κ2) is 6.76. The van der Waals surface area contributed by atoms with Gasteiger partial charge in [0.05, 0.1) is 17.7 Å². The molecule has 7 heteroatoms. The Labute approximate surface area is 146 Å². The summed E-state index contributed by atoms with van der Waals surface area (Å²) in [6.45, 7) is 0.358. The Kier molecular flexibility index (Phi) is 4.31. The minimum Gasteiger partial charge on any atom is -0.387 e. The van der Waals surface area contributed by atoms with Crippen LogP contribution in [-0.4, -0.2) is 36.4 Å². The van der Waals surface area contributed by atoms with Crippen LogP contribution < -0.4 is 5.32 Å². The number of nitrogens with one attached hydrogen (secondary N) is 1. The Bertz CT molecular complexity index is 857. The van der Waals surface area contributed by atoms with Crippen molar-refractivity contribution in [2.24, 2.45) is 7.05 Å². The first-order valence-electron chi connectivity index (χ1n) is 8.74. The third-order valence-corrected chi connectivity index (χ3v) is 4.86. The normalized spacial score (nSPS) is 16.4. The Balaban J connectivity index is 1.61. The van der Waals surface area contributed by atoms with Crippen LogP contribution >= 0.6 is 0 Å². The van der Waals surface area contributed by atoms with Gasteiger partial charge in [-0.15, -0.1) is 0 Å². The molecule has 4 rings (SSSR count). The summed E-state index contributed by atoms with van der Waals surface area (Å²) < 4.78 is 1.78. The SMILES string of the molecule is Cn1ncc2c(NCC(O)c3cccnc3)nc(C3CCCC3)nc21. The lowest BCUT2D eigenvalue weighted by atomic mass is 10.1. The van der Waals surface area contributed by atoms with Crippen LogP contribution in [-0.2, 0) is 7.05 Å². The first-order valence-corrected chi connectivity index (χ1v) is 8.74. The van der Waals surface area contributed by atoms with E-state index in [1.165, 1.54) is 12.8 Å². The summed E-state index contributed by atoms with van der Waals surface area (Å²) in [6.07, 6.45) is 9.25. The van der Waals surface area contributed by atoms with Gasteiger partial charge in [0, 0.05) is 37.5 Å². The molecule has 1 fully saturated rings. The summed E-state index contributed by atoms with van der Waals surface area (Å²) in [6, 6.07) is 3.68. The first kappa shape index (κ1) is 16.0. The van der Waals surface area contributed by atoms with Crippen molar-refractivity contribution < 1.29 is 5.11 Å². The number of aliphatic hydroxyl groups is 1. The number of aryl methyl sites for hydroxylation is 1. The van der Waals surface area contributed by atoms with Crippen LogP contribution in [0.15, 0.2) is 30.7 Å². The topological polar surface area (TPSA) is 88.8 Å². The van der Waals surface area contributed by atoms with E-state index in [9.17, 15) is 5.11 Å². The second-order valence-corrected chi connectivity index (χ2v) is 6.60. The van der Waals surface area contributed by atoms with Gasteiger partial charge in [0.25, 0.3) is 0 Å². The molecule has 1 saturated carbocycles. The zero-order chi connectivity index (χ0) is 17.2. The molecule has 0 amide bonds. The highest BCUT2D eigenvalue weighted by Crippen LogP contribution is 2.34. The van der Waals surface area contributed by atoms with Gasteiger partial charge in [-0.1, -0.05) is 18.9 Å². The first-order chi connectivity index (χ1) is 12.2. The van der Waals surface area contributed by atoms with Gasteiger partial charge >= 0.3 is 0 Å². The molecule has 0 bridgehead atoms. The number of rotatable bonds is 5. The molecule has 25 heavy (non-hydrogen) atoms.